The molecule has 0 heterocycles. The summed E-state index contributed by atoms with van der Waals surface area (Å²) in [5.74, 6) is -1.35. The Labute approximate surface area is 128 Å². The van der Waals surface area contributed by atoms with E-state index in [1.54, 1.807) is 12.1 Å². The van der Waals surface area contributed by atoms with Crippen LogP contribution in [-0.4, -0.2) is 17.3 Å². The fourth-order valence-electron chi connectivity index (χ4n) is 1.71. The average Bonchev–Trinajstić information content (AvgIpc) is 2.48. The van der Waals surface area contributed by atoms with Crippen LogP contribution in [0.3, 0.4) is 0 Å². The lowest BCUT2D eigenvalue weighted by Gasteiger charge is -2.17. The molecular weight excluding hydrogens is 289 g/mol. The van der Waals surface area contributed by atoms with Gasteiger partial charge in [-0.3, -0.25) is 0 Å². The zero-order valence-corrected chi connectivity index (χ0v) is 13.5. The smallest absolute Gasteiger partial charge is 0.333 e. The monoisotopic (exact) mass is 309 g/mol. The Morgan fingerprint density at radius 3 is 2.29 bits per heavy atom. The van der Waals surface area contributed by atoms with Crippen molar-refractivity contribution in [3.63, 3.8) is 0 Å². The summed E-state index contributed by atoms with van der Waals surface area (Å²) in [5, 5.41) is 13.4. The summed E-state index contributed by atoms with van der Waals surface area (Å²) in [6.07, 6.45) is 2.80. The first-order valence-electron chi connectivity index (χ1n) is 6.61. The Hall–Kier alpha value is -1.75. The van der Waals surface area contributed by atoms with Crippen molar-refractivity contribution in [2.75, 3.05) is 6.26 Å². The minimum absolute atomic E-state index is 0.192. The predicted octanol–water partition coefficient (Wildman–Crippen LogP) is 4.24. The van der Waals surface area contributed by atoms with E-state index in [1.165, 1.54) is 30.8 Å². The summed E-state index contributed by atoms with van der Waals surface area (Å²) < 4.78 is 13.1. The van der Waals surface area contributed by atoms with Crippen molar-refractivity contribution in [2.24, 2.45) is 0 Å². The number of nitrogens with one attached hydrogen (secondary N) is 1. The molecule has 0 amide bonds. The molecule has 5 heteroatoms. The lowest BCUT2D eigenvalue weighted by Crippen LogP contribution is -2.16. The van der Waals surface area contributed by atoms with E-state index in [9.17, 15) is 14.3 Å². The van der Waals surface area contributed by atoms with Crippen molar-refractivity contribution >= 4 is 23.4 Å². The van der Waals surface area contributed by atoms with Crippen LogP contribution in [-0.2, 0) is 4.79 Å². The van der Waals surface area contributed by atoms with Crippen molar-refractivity contribution in [3.8, 4) is 0 Å². The number of aliphatic carboxylic acids is 1. The average molecular weight is 309 g/mol. The van der Waals surface area contributed by atoms with Gasteiger partial charge in [0.05, 0.1) is 16.3 Å². The Balaban J connectivity index is 3.32. The Morgan fingerprint density at radius 2 is 1.86 bits per heavy atom. The number of thioether (sulfide) groups is 1. The predicted molar refractivity (Wildman–Crippen MR) is 86.3 cm³/mol. The maximum Gasteiger partial charge on any atom is 0.333 e. The van der Waals surface area contributed by atoms with Gasteiger partial charge in [-0.05, 0) is 61.9 Å². The minimum atomic E-state index is -1.00. The van der Waals surface area contributed by atoms with Gasteiger partial charge < -0.3 is 10.4 Å². The molecule has 0 saturated heterocycles. The summed E-state index contributed by atoms with van der Waals surface area (Å²) in [5.41, 5.74) is 2.46. The van der Waals surface area contributed by atoms with Crippen LogP contribution in [0, 0.1) is 5.82 Å². The third-order valence-electron chi connectivity index (χ3n) is 3.19. The van der Waals surface area contributed by atoms with Crippen molar-refractivity contribution in [1.29, 1.82) is 0 Å². The van der Waals surface area contributed by atoms with E-state index >= 15 is 0 Å². The molecule has 2 N–H and O–H groups in total. The number of allylic oxidation sites excluding steroid dienone is 1. The molecular formula is C16H20FNO2S. The topological polar surface area (TPSA) is 49.3 Å². The van der Waals surface area contributed by atoms with Crippen LogP contribution in [0.15, 0.2) is 40.4 Å². The molecule has 0 aliphatic heterocycles. The molecule has 0 radical (unpaired) electrons. The van der Waals surface area contributed by atoms with Gasteiger partial charge in [0.15, 0.2) is 0 Å². The van der Waals surface area contributed by atoms with E-state index in [-0.39, 0.29) is 11.4 Å². The minimum Gasteiger partial charge on any atom is -0.478 e. The number of carboxylic acids is 1. The third-order valence-corrected chi connectivity index (χ3v) is 4.05. The fourth-order valence-corrected chi connectivity index (χ4v) is 2.41. The fraction of sp³-hybridized carbons (Fsp3) is 0.312. The largest absolute Gasteiger partial charge is 0.478 e. The lowest BCUT2D eigenvalue weighted by atomic mass is 10.1. The molecule has 114 valence electrons. The SMILES string of the molecule is CC/C(C)=C(/N/C(=C(\C)C(=O)O)c1ccc(F)cc1)SC. The quantitative estimate of drug-likeness (QED) is 0.772. The van der Waals surface area contributed by atoms with Crippen LogP contribution in [0.2, 0.25) is 0 Å². The summed E-state index contributed by atoms with van der Waals surface area (Å²) in [4.78, 5) is 11.3. The van der Waals surface area contributed by atoms with Gasteiger partial charge in [-0.2, -0.15) is 0 Å². The van der Waals surface area contributed by atoms with Crippen molar-refractivity contribution in [3.05, 3.63) is 51.8 Å². The molecule has 0 saturated carbocycles. The first-order valence-corrected chi connectivity index (χ1v) is 7.84. The Kier molecular flexibility index (Phi) is 6.49. The highest BCUT2D eigenvalue weighted by atomic mass is 32.2. The van der Waals surface area contributed by atoms with Crippen LogP contribution >= 0.6 is 11.8 Å². The number of halogens is 1. The molecule has 0 aliphatic carbocycles. The van der Waals surface area contributed by atoms with Gasteiger partial charge in [0.2, 0.25) is 0 Å². The van der Waals surface area contributed by atoms with E-state index in [2.05, 4.69) is 5.32 Å². The van der Waals surface area contributed by atoms with Crippen LogP contribution in [0.4, 0.5) is 4.39 Å². The molecule has 21 heavy (non-hydrogen) atoms. The van der Waals surface area contributed by atoms with Gasteiger partial charge in [0, 0.05) is 0 Å². The molecule has 0 bridgehead atoms. The van der Waals surface area contributed by atoms with Gasteiger partial charge in [0.1, 0.15) is 5.82 Å². The number of hydrogen-bond donors (Lipinski definition) is 2. The third kappa shape index (κ3) is 4.63. The second-order valence-electron chi connectivity index (χ2n) is 4.60. The maximum absolute atomic E-state index is 13.1. The number of hydrogen-bond acceptors (Lipinski definition) is 3. The Bertz CT molecular complexity index is 576. The number of rotatable bonds is 6. The summed E-state index contributed by atoms with van der Waals surface area (Å²) in [7, 11) is 0. The molecule has 1 aromatic carbocycles. The standard InChI is InChI=1S/C16H20FNO2S/c1-5-10(2)15(21-4)18-14(11(3)16(19)20)12-6-8-13(17)9-7-12/h6-9,18H,5H2,1-4H3,(H,19,20)/b14-11+,15-10-. The Morgan fingerprint density at radius 1 is 1.29 bits per heavy atom. The molecule has 0 aliphatic rings. The highest BCUT2D eigenvalue weighted by Crippen LogP contribution is 2.24. The van der Waals surface area contributed by atoms with Gasteiger partial charge >= 0.3 is 5.97 Å². The zero-order chi connectivity index (χ0) is 16.0. The van der Waals surface area contributed by atoms with E-state index in [1.807, 2.05) is 20.1 Å². The zero-order valence-electron chi connectivity index (χ0n) is 12.7. The van der Waals surface area contributed by atoms with Crippen LogP contribution in [0.5, 0.6) is 0 Å². The highest BCUT2D eigenvalue weighted by Gasteiger charge is 2.14. The first-order chi connectivity index (χ1) is 9.90. The van der Waals surface area contributed by atoms with Crippen LogP contribution in [0.25, 0.3) is 5.70 Å². The second kappa shape index (κ2) is 7.88. The highest BCUT2D eigenvalue weighted by molar-refractivity contribution is 8.02. The van der Waals surface area contributed by atoms with Gasteiger partial charge in [0.25, 0.3) is 0 Å². The summed E-state index contributed by atoms with van der Waals surface area (Å²) >= 11 is 1.53. The molecule has 0 atom stereocenters. The molecule has 1 aromatic rings. The molecule has 0 fully saturated rings. The van der Waals surface area contributed by atoms with Crippen LogP contribution in [0.1, 0.15) is 32.8 Å². The molecule has 1 rings (SSSR count). The van der Waals surface area contributed by atoms with Crippen LogP contribution < -0.4 is 5.32 Å². The number of benzene rings is 1. The normalized spacial score (nSPS) is 13.4. The maximum atomic E-state index is 13.1. The second-order valence-corrected chi connectivity index (χ2v) is 5.42. The molecule has 0 unspecified atom stereocenters. The summed E-state index contributed by atoms with van der Waals surface area (Å²) in [6, 6.07) is 5.79. The molecule has 0 aromatic heterocycles. The van der Waals surface area contributed by atoms with Crippen molar-refractivity contribution in [1.82, 2.24) is 5.32 Å². The van der Waals surface area contributed by atoms with E-state index < -0.39 is 5.97 Å². The van der Waals surface area contributed by atoms with E-state index in [0.29, 0.717) is 11.3 Å². The first kappa shape index (κ1) is 17.3. The van der Waals surface area contributed by atoms with Gasteiger partial charge in [-0.1, -0.05) is 6.92 Å². The molecule has 3 nitrogen and oxygen atoms in total. The van der Waals surface area contributed by atoms with Crippen molar-refractivity contribution < 1.29 is 14.3 Å². The summed E-state index contributed by atoms with van der Waals surface area (Å²) in [6.45, 7) is 5.57. The van der Waals surface area contributed by atoms with E-state index in [4.69, 9.17) is 0 Å². The van der Waals surface area contributed by atoms with Gasteiger partial charge in [-0.15, -0.1) is 11.8 Å². The number of carbonyl (C=O) groups is 1. The van der Waals surface area contributed by atoms with Gasteiger partial charge in [-0.25, -0.2) is 9.18 Å². The van der Waals surface area contributed by atoms with Crippen molar-refractivity contribution in [2.45, 2.75) is 27.2 Å². The lowest BCUT2D eigenvalue weighted by molar-refractivity contribution is -0.132. The van der Waals surface area contributed by atoms with E-state index in [0.717, 1.165) is 17.0 Å². The number of carboxylic acid groups (broad SMARTS) is 1. The molecule has 0 spiro atoms.